The fraction of sp³-hybridized carbons (Fsp3) is 0.947. The first-order valence-corrected chi connectivity index (χ1v) is 10.2. The first-order valence-electron chi connectivity index (χ1n) is 10.2. The van der Waals surface area contributed by atoms with Gasteiger partial charge in [0.15, 0.2) is 5.96 Å². The van der Waals surface area contributed by atoms with Crippen LogP contribution in [0.2, 0.25) is 0 Å². The second-order valence-electron chi connectivity index (χ2n) is 7.85. The zero-order valence-electron chi connectivity index (χ0n) is 15.8. The Balaban J connectivity index is 1.31. The lowest BCUT2D eigenvalue weighted by Crippen LogP contribution is -2.46. The summed E-state index contributed by atoms with van der Waals surface area (Å²) in [6.45, 7) is 9.36. The molecule has 0 amide bonds. The molecule has 0 radical (unpaired) electrons. The molecule has 3 aliphatic rings. The highest BCUT2D eigenvalue weighted by atomic mass is 15.2. The number of nitrogens with one attached hydrogen (secondary N) is 2. The number of hydrogen-bond acceptors (Lipinski definition) is 3. The first kappa shape index (κ1) is 18.0. The molecule has 1 saturated carbocycles. The Morgan fingerprint density at radius 1 is 1.08 bits per heavy atom. The number of piperidine rings is 1. The highest BCUT2D eigenvalue weighted by molar-refractivity contribution is 5.79. The van der Waals surface area contributed by atoms with Crippen molar-refractivity contribution in [2.45, 2.75) is 64.0 Å². The van der Waals surface area contributed by atoms with E-state index in [1.54, 1.807) is 0 Å². The average molecular weight is 336 g/mol. The number of guanidine groups is 1. The SMILES string of the molecule is CCC1CCCCN1CCNC(=NC)NCC1CCN(C2CC2)C1. The van der Waals surface area contributed by atoms with Crippen molar-refractivity contribution in [2.24, 2.45) is 10.9 Å². The van der Waals surface area contributed by atoms with Gasteiger partial charge in [-0.1, -0.05) is 13.3 Å². The smallest absolute Gasteiger partial charge is 0.191 e. The maximum absolute atomic E-state index is 4.40. The van der Waals surface area contributed by atoms with Crippen molar-refractivity contribution in [3.8, 4) is 0 Å². The molecule has 2 atom stereocenters. The Bertz CT molecular complexity index is 407. The monoisotopic (exact) mass is 335 g/mol. The molecule has 5 nitrogen and oxygen atoms in total. The normalized spacial score (nSPS) is 29.8. The molecule has 0 aromatic rings. The van der Waals surface area contributed by atoms with E-state index in [0.717, 1.165) is 43.6 Å². The molecule has 5 heteroatoms. The van der Waals surface area contributed by atoms with Crippen LogP contribution in [0.3, 0.4) is 0 Å². The third-order valence-electron chi connectivity index (χ3n) is 6.07. The van der Waals surface area contributed by atoms with Crippen LogP contribution >= 0.6 is 0 Å². The lowest BCUT2D eigenvalue weighted by molar-refractivity contribution is 0.147. The van der Waals surface area contributed by atoms with Gasteiger partial charge >= 0.3 is 0 Å². The van der Waals surface area contributed by atoms with E-state index in [4.69, 9.17) is 0 Å². The third-order valence-corrected chi connectivity index (χ3v) is 6.07. The fourth-order valence-corrected chi connectivity index (χ4v) is 4.40. The van der Waals surface area contributed by atoms with Gasteiger partial charge in [0.1, 0.15) is 0 Å². The van der Waals surface area contributed by atoms with Crippen LogP contribution in [0.4, 0.5) is 0 Å². The van der Waals surface area contributed by atoms with E-state index in [1.165, 1.54) is 64.6 Å². The number of likely N-dealkylation sites (tertiary alicyclic amines) is 2. The van der Waals surface area contributed by atoms with Gasteiger partial charge < -0.3 is 15.5 Å². The van der Waals surface area contributed by atoms with Crippen LogP contribution in [0.5, 0.6) is 0 Å². The molecule has 3 fully saturated rings. The highest BCUT2D eigenvalue weighted by Gasteiger charge is 2.34. The number of hydrogen-bond donors (Lipinski definition) is 2. The summed E-state index contributed by atoms with van der Waals surface area (Å²) in [5, 5.41) is 7.06. The minimum absolute atomic E-state index is 0.788. The van der Waals surface area contributed by atoms with Crippen molar-refractivity contribution >= 4 is 5.96 Å². The lowest BCUT2D eigenvalue weighted by Gasteiger charge is -2.35. The summed E-state index contributed by atoms with van der Waals surface area (Å²) >= 11 is 0. The predicted octanol–water partition coefficient (Wildman–Crippen LogP) is 1.90. The van der Waals surface area contributed by atoms with Gasteiger partial charge in [0.25, 0.3) is 0 Å². The Labute approximate surface area is 148 Å². The maximum Gasteiger partial charge on any atom is 0.191 e. The van der Waals surface area contributed by atoms with Crippen LogP contribution < -0.4 is 10.6 Å². The minimum Gasteiger partial charge on any atom is -0.356 e. The van der Waals surface area contributed by atoms with E-state index in [2.05, 4.69) is 32.3 Å². The molecule has 0 bridgehead atoms. The zero-order chi connectivity index (χ0) is 16.8. The highest BCUT2D eigenvalue weighted by Crippen LogP contribution is 2.31. The van der Waals surface area contributed by atoms with Gasteiger partial charge in [-0.3, -0.25) is 9.89 Å². The second kappa shape index (κ2) is 9.04. The Morgan fingerprint density at radius 2 is 1.96 bits per heavy atom. The van der Waals surface area contributed by atoms with Gasteiger partial charge in [-0.2, -0.15) is 0 Å². The van der Waals surface area contributed by atoms with Crippen molar-refractivity contribution in [2.75, 3.05) is 46.3 Å². The predicted molar refractivity (Wildman–Crippen MR) is 102 cm³/mol. The molecule has 0 spiro atoms. The van der Waals surface area contributed by atoms with Gasteiger partial charge in [-0.25, -0.2) is 0 Å². The molecular formula is C19H37N5. The summed E-state index contributed by atoms with van der Waals surface area (Å²) in [5.74, 6) is 1.76. The van der Waals surface area contributed by atoms with Crippen molar-refractivity contribution in [1.29, 1.82) is 0 Å². The van der Waals surface area contributed by atoms with Crippen LogP contribution in [0.25, 0.3) is 0 Å². The molecule has 2 unspecified atom stereocenters. The second-order valence-corrected chi connectivity index (χ2v) is 7.85. The number of nitrogens with zero attached hydrogens (tertiary/aromatic N) is 3. The molecule has 2 saturated heterocycles. The molecule has 0 aromatic carbocycles. The van der Waals surface area contributed by atoms with Crippen molar-refractivity contribution < 1.29 is 0 Å². The summed E-state index contributed by atoms with van der Waals surface area (Å²) in [6, 6.07) is 1.71. The van der Waals surface area contributed by atoms with Crippen molar-refractivity contribution in [1.82, 2.24) is 20.4 Å². The summed E-state index contributed by atoms with van der Waals surface area (Å²) in [4.78, 5) is 9.74. The molecule has 1 aliphatic carbocycles. The van der Waals surface area contributed by atoms with Crippen LogP contribution in [0.15, 0.2) is 4.99 Å². The Kier molecular flexibility index (Phi) is 6.78. The minimum atomic E-state index is 0.788. The summed E-state index contributed by atoms with van der Waals surface area (Å²) in [5.41, 5.74) is 0. The molecule has 2 aliphatic heterocycles. The Hall–Kier alpha value is -0.810. The fourth-order valence-electron chi connectivity index (χ4n) is 4.40. The van der Waals surface area contributed by atoms with Crippen molar-refractivity contribution in [3.63, 3.8) is 0 Å². The van der Waals surface area contributed by atoms with E-state index >= 15 is 0 Å². The van der Waals surface area contributed by atoms with Gasteiger partial charge in [0, 0.05) is 45.3 Å². The topological polar surface area (TPSA) is 42.9 Å². The summed E-state index contributed by atoms with van der Waals surface area (Å²) in [6.07, 6.45) is 9.63. The molecule has 0 aromatic heterocycles. The quantitative estimate of drug-likeness (QED) is 0.551. The van der Waals surface area contributed by atoms with E-state index in [-0.39, 0.29) is 0 Å². The third kappa shape index (κ3) is 5.09. The molecule has 138 valence electrons. The molecule has 3 rings (SSSR count). The summed E-state index contributed by atoms with van der Waals surface area (Å²) in [7, 11) is 1.89. The van der Waals surface area contributed by atoms with Crippen LogP contribution in [0.1, 0.15) is 51.9 Å². The van der Waals surface area contributed by atoms with Crippen LogP contribution in [0, 0.1) is 5.92 Å². The van der Waals surface area contributed by atoms with Crippen molar-refractivity contribution in [3.05, 3.63) is 0 Å². The standard InChI is InChI=1S/C19H37N5/c1-3-17-6-4-5-11-23(17)13-10-21-19(20-2)22-14-16-9-12-24(15-16)18-7-8-18/h16-18H,3-15H2,1-2H3,(H2,20,21,22). The van der Waals surface area contributed by atoms with Gasteiger partial charge in [0.05, 0.1) is 0 Å². The van der Waals surface area contributed by atoms with Gasteiger partial charge in [0.2, 0.25) is 0 Å². The summed E-state index contributed by atoms with van der Waals surface area (Å²) < 4.78 is 0. The van der Waals surface area contributed by atoms with Crippen LogP contribution in [-0.4, -0.2) is 74.2 Å². The molecule has 2 N–H and O–H groups in total. The van der Waals surface area contributed by atoms with E-state index in [9.17, 15) is 0 Å². The van der Waals surface area contributed by atoms with Gasteiger partial charge in [-0.05, 0) is 57.5 Å². The molecule has 24 heavy (non-hydrogen) atoms. The Morgan fingerprint density at radius 3 is 2.71 bits per heavy atom. The number of aliphatic imine (C=N–C) groups is 1. The number of rotatable bonds is 7. The van der Waals surface area contributed by atoms with Crippen LogP contribution in [-0.2, 0) is 0 Å². The van der Waals surface area contributed by atoms with E-state index < -0.39 is 0 Å². The average Bonchev–Trinajstić information content (AvgIpc) is 3.37. The van der Waals surface area contributed by atoms with E-state index in [0.29, 0.717) is 0 Å². The molecular weight excluding hydrogens is 298 g/mol. The first-order chi connectivity index (χ1) is 11.8. The lowest BCUT2D eigenvalue weighted by atomic mass is 10.0. The molecule has 2 heterocycles. The van der Waals surface area contributed by atoms with E-state index in [1.807, 2.05) is 7.05 Å². The zero-order valence-corrected chi connectivity index (χ0v) is 15.8. The largest absolute Gasteiger partial charge is 0.356 e. The maximum atomic E-state index is 4.40. The van der Waals surface area contributed by atoms with Gasteiger partial charge in [-0.15, -0.1) is 0 Å².